The van der Waals surface area contributed by atoms with E-state index in [0.717, 1.165) is 5.39 Å². The van der Waals surface area contributed by atoms with E-state index in [1.807, 2.05) is 18.2 Å². The van der Waals surface area contributed by atoms with Crippen LogP contribution >= 0.6 is 0 Å². The highest BCUT2D eigenvalue weighted by Crippen LogP contribution is 2.30. The Morgan fingerprint density at radius 3 is 2.47 bits per heavy atom. The number of phenolic OH excluding ortho intramolecular Hbond substituents is 1. The minimum atomic E-state index is -0.221. The van der Waals surface area contributed by atoms with Crippen molar-refractivity contribution in [3.63, 3.8) is 0 Å². The first-order valence-electron chi connectivity index (χ1n) is 5.27. The van der Waals surface area contributed by atoms with Gasteiger partial charge in [-0.3, -0.25) is 4.79 Å². The lowest BCUT2D eigenvalue weighted by Gasteiger charge is -2.09. The van der Waals surface area contributed by atoms with E-state index in [4.69, 9.17) is 0 Å². The zero-order valence-electron chi connectivity index (χ0n) is 9.53. The van der Waals surface area contributed by atoms with Crippen LogP contribution in [0.15, 0.2) is 48.6 Å². The van der Waals surface area contributed by atoms with Gasteiger partial charge in [0, 0.05) is 22.0 Å². The third kappa shape index (κ3) is 2.13. The van der Waals surface area contributed by atoms with Crippen molar-refractivity contribution in [1.82, 2.24) is 0 Å². The Kier molecular flexibility index (Phi) is 2.83. The Morgan fingerprint density at radius 2 is 1.82 bits per heavy atom. The molecule has 2 aromatic rings. The number of hydrogen-bond acceptors (Lipinski definition) is 2. The van der Waals surface area contributed by atoms with Gasteiger partial charge in [-0.15, -0.1) is 0 Å². The molecular weight excluding hydrogens is 214 g/mol. The van der Waals surface area contributed by atoms with Gasteiger partial charge in [-0.1, -0.05) is 30.8 Å². The van der Waals surface area contributed by atoms with Gasteiger partial charge in [0.05, 0.1) is 0 Å². The van der Waals surface area contributed by atoms with E-state index in [2.05, 4.69) is 11.9 Å². The number of amides is 1. The molecule has 0 radical (unpaired) electrons. The van der Waals surface area contributed by atoms with Crippen molar-refractivity contribution >= 4 is 22.4 Å². The monoisotopic (exact) mass is 227 g/mol. The van der Waals surface area contributed by atoms with Crippen molar-refractivity contribution < 1.29 is 9.90 Å². The molecule has 0 heterocycles. The number of hydrogen-bond donors (Lipinski definition) is 2. The average Bonchev–Trinajstić information content (AvgIpc) is 2.33. The van der Waals surface area contributed by atoms with Crippen LogP contribution in [0.1, 0.15) is 6.92 Å². The van der Waals surface area contributed by atoms with Crippen LogP contribution in [0.4, 0.5) is 5.69 Å². The number of fused-ring (bicyclic) bond motifs is 1. The van der Waals surface area contributed by atoms with Crippen molar-refractivity contribution in [1.29, 1.82) is 0 Å². The second kappa shape index (κ2) is 4.29. The van der Waals surface area contributed by atoms with E-state index < -0.39 is 0 Å². The molecule has 0 saturated carbocycles. The highest BCUT2D eigenvalue weighted by atomic mass is 16.3. The lowest BCUT2D eigenvalue weighted by Crippen LogP contribution is -2.11. The lowest BCUT2D eigenvalue weighted by molar-refractivity contribution is -0.112. The van der Waals surface area contributed by atoms with Crippen LogP contribution in [0.5, 0.6) is 5.75 Å². The lowest BCUT2D eigenvalue weighted by atomic mass is 10.1. The molecule has 0 aliphatic carbocycles. The molecule has 2 rings (SSSR count). The number of carbonyl (C=O) groups excluding carboxylic acids is 1. The Morgan fingerprint density at radius 1 is 1.18 bits per heavy atom. The first kappa shape index (κ1) is 11.2. The number of anilines is 1. The molecule has 3 nitrogen and oxygen atoms in total. The van der Waals surface area contributed by atoms with Gasteiger partial charge in [-0.25, -0.2) is 0 Å². The zero-order chi connectivity index (χ0) is 12.4. The van der Waals surface area contributed by atoms with Crippen LogP contribution in [-0.4, -0.2) is 11.0 Å². The van der Waals surface area contributed by atoms with Gasteiger partial charge in [0.25, 0.3) is 5.91 Å². The van der Waals surface area contributed by atoms with Crippen molar-refractivity contribution in [2.24, 2.45) is 0 Å². The molecule has 2 aromatic carbocycles. The van der Waals surface area contributed by atoms with Crippen LogP contribution in [0.25, 0.3) is 10.8 Å². The molecular formula is C14H13NO2. The van der Waals surface area contributed by atoms with Crippen LogP contribution in [0.2, 0.25) is 0 Å². The van der Waals surface area contributed by atoms with Crippen LogP contribution in [-0.2, 0) is 4.79 Å². The maximum absolute atomic E-state index is 11.6. The van der Waals surface area contributed by atoms with Crippen molar-refractivity contribution in [2.75, 3.05) is 5.32 Å². The largest absolute Gasteiger partial charge is 0.507 e. The third-order valence-corrected chi connectivity index (χ3v) is 2.54. The average molecular weight is 227 g/mol. The fourth-order valence-electron chi connectivity index (χ4n) is 1.62. The highest BCUT2D eigenvalue weighted by molar-refractivity contribution is 6.09. The van der Waals surface area contributed by atoms with E-state index in [1.165, 1.54) is 0 Å². The summed E-state index contributed by atoms with van der Waals surface area (Å²) in [5.74, 6) is -0.0187. The molecule has 0 aromatic heterocycles. The summed E-state index contributed by atoms with van der Waals surface area (Å²) in [6.07, 6.45) is 0. The molecule has 86 valence electrons. The topological polar surface area (TPSA) is 49.3 Å². The Hall–Kier alpha value is -2.29. The van der Waals surface area contributed by atoms with E-state index in [0.29, 0.717) is 16.6 Å². The maximum atomic E-state index is 11.6. The van der Waals surface area contributed by atoms with Crippen molar-refractivity contribution in [3.8, 4) is 5.75 Å². The Bertz CT molecular complexity index is 602. The summed E-state index contributed by atoms with van der Waals surface area (Å²) in [5.41, 5.74) is 1.12. The first-order chi connectivity index (χ1) is 8.09. The number of phenols is 1. The van der Waals surface area contributed by atoms with Gasteiger partial charge < -0.3 is 10.4 Å². The predicted octanol–water partition coefficient (Wildman–Crippen LogP) is 3.06. The number of aromatic hydroxyl groups is 1. The maximum Gasteiger partial charge on any atom is 0.250 e. The minimum absolute atomic E-state index is 0.203. The first-order valence-corrected chi connectivity index (χ1v) is 5.27. The SMILES string of the molecule is C=C(C)C(=O)Nc1ccc(O)c2ccccc12. The molecule has 17 heavy (non-hydrogen) atoms. The van der Waals surface area contributed by atoms with Gasteiger partial charge in [0.1, 0.15) is 5.75 Å². The molecule has 0 aliphatic rings. The van der Waals surface area contributed by atoms with Gasteiger partial charge in [-0.2, -0.15) is 0 Å². The fourth-order valence-corrected chi connectivity index (χ4v) is 1.62. The smallest absolute Gasteiger partial charge is 0.250 e. The molecule has 0 saturated heterocycles. The summed E-state index contributed by atoms with van der Waals surface area (Å²) >= 11 is 0. The zero-order valence-corrected chi connectivity index (χ0v) is 9.53. The summed E-state index contributed by atoms with van der Waals surface area (Å²) < 4.78 is 0. The quantitative estimate of drug-likeness (QED) is 0.612. The molecule has 0 unspecified atom stereocenters. The second-order valence-electron chi connectivity index (χ2n) is 3.91. The molecule has 0 atom stereocenters. The number of carbonyl (C=O) groups is 1. The molecule has 0 spiro atoms. The fraction of sp³-hybridized carbons (Fsp3) is 0.0714. The Balaban J connectivity index is 2.52. The van der Waals surface area contributed by atoms with E-state index >= 15 is 0 Å². The van der Waals surface area contributed by atoms with Gasteiger partial charge >= 0.3 is 0 Å². The van der Waals surface area contributed by atoms with Gasteiger partial charge in [-0.05, 0) is 19.1 Å². The molecule has 0 aliphatic heterocycles. The summed E-state index contributed by atoms with van der Waals surface area (Å²) in [6, 6.07) is 10.6. The second-order valence-corrected chi connectivity index (χ2v) is 3.91. The van der Waals surface area contributed by atoms with Crippen LogP contribution in [0, 0.1) is 0 Å². The minimum Gasteiger partial charge on any atom is -0.507 e. The molecule has 0 fully saturated rings. The van der Waals surface area contributed by atoms with Crippen LogP contribution in [0.3, 0.4) is 0 Å². The number of nitrogens with one attached hydrogen (secondary N) is 1. The summed E-state index contributed by atoms with van der Waals surface area (Å²) in [6.45, 7) is 5.24. The van der Waals surface area contributed by atoms with E-state index in [-0.39, 0.29) is 11.7 Å². The third-order valence-electron chi connectivity index (χ3n) is 2.54. The molecule has 2 N–H and O–H groups in total. The summed E-state index contributed by atoms with van der Waals surface area (Å²) in [7, 11) is 0. The van der Waals surface area contributed by atoms with Crippen molar-refractivity contribution in [2.45, 2.75) is 6.92 Å². The number of rotatable bonds is 2. The van der Waals surface area contributed by atoms with Crippen molar-refractivity contribution in [3.05, 3.63) is 48.6 Å². The summed E-state index contributed by atoms with van der Waals surface area (Å²) in [4.78, 5) is 11.6. The van der Waals surface area contributed by atoms with Crippen LogP contribution < -0.4 is 5.32 Å². The molecule has 3 heteroatoms. The number of benzene rings is 2. The Labute approximate surface area is 99.4 Å². The summed E-state index contributed by atoms with van der Waals surface area (Å²) in [5, 5.41) is 14.0. The highest BCUT2D eigenvalue weighted by Gasteiger charge is 2.08. The molecule has 0 bridgehead atoms. The van der Waals surface area contributed by atoms with E-state index in [9.17, 15) is 9.90 Å². The normalized spacial score (nSPS) is 10.2. The molecule has 1 amide bonds. The van der Waals surface area contributed by atoms with E-state index in [1.54, 1.807) is 25.1 Å². The predicted molar refractivity (Wildman–Crippen MR) is 69.1 cm³/mol. The standard InChI is InChI=1S/C14H13NO2/c1-9(2)14(17)15-12-7-8-13(16)11-6-4-3-5-10(11)12/h3-8,16H,1H2,2H3,(H,15,17). The van der Waals surface area contributed by atoms with Gasteiger partial charge in [0.2, 0.25) is 0 Å². The van der Waals surface area contributed by atoms with Gasteiger partial charge in [0.15, 0.2) is 0 Å².